The molecule has 2 N–H and O–H groups in total. The first kappa shape index (κ1) is 11.9. The van der Waals surface area contributed by atoms with Gasteiger partial charge >= 0.3 is 0 Å². The summed E-state index contributed by atoms with van der Waals surface area (Å²) in [7, 11) is 1.97. The number of nitrogens with two attached hydrogens (primary N) is 1. The van der Waals surface area contributed by atoms with Crippen LogP contribution in [0.3, 0.4) is 0 Å². The van der Waals surface area contributed by atoms with Crippen molar-refractivity contribution in [3.8, 4) is 0 Å². The largest absolute Gasteiger partial charge is 0.383 e. The molecule has 0 fully saturated rings. The first-order valence-corrected chi connectivity index (χ1v) is 5.99. The van der Waals surface area contributed by atoms with Crippen LogP contribution in [0.15, 0.2) is 41.1 Å². The van der Waals surface area contributed by atoms with E-state index in [1.54, 1.807) is 0 Å². The number of hydrogen-bond donors (Lipinski definition) is 1. The molecule has 17 heavy (non-hydrogen) atoms. The third-order valence-corrected chi connectivity index (χ3v) is 3.18. The standard InChI is InChI=1S/C12H13BrN4/c1-17(7-9-5-3-2-4-6-9)12-10(13)11(14)15-8-16-12/h2-6,8H,7H2,1H3,(H2,14,15,16). The van der Waals surface area contributed by atoms with Crippen LogP contribution in [0.4, 0.5) is 11.6 Å². The molecule has 1 heterocycles. The minimum absolute atomic E-state index is 0.454. The number of hydrogen-bond acceptors (Lipinski definition) is 4. The molecule has 1 aromatic heterocycles. The summed E-state index contributed by atoms with van der Waals surface area (Å²) in [5, 5.41) is 0. The van der Waals surface area contributed by atoms with Crippen LogP contribution < -0.4 is 10.6 Å². The zero-order valence-corrected chi connectivity index (χ0v) is 11.1. The van der Waals surface area contributed by atoms with E-state index in [1.807, 2.05) is 30.1 Å². The van der Waals surface area contributed by atoms with E-state index in [9.17, 15) is 0 Å². The lowest BCUT2D eigenvalue weighted by atomic mass is 10.2. The van der Waals surface area contributed by atoms with E-state index in [-0.39, 0.29) is 0 Å². The molecule has 0 spiro atoms. The Morgan fingerprint density at radius 1 is 1.24 bits per heavy atom. The molecular formula is C12H13BrN4. The van der Waals surface area contributed by atoms with Gasteiger partial charge in [-0.15, -0.1) is 0 Å². The fourth-order valence-corrected chi connectivity index (χ4v) is 2.08. The van der Waals surface area contributed by atoms with Gasteiger partial charge in [0.15, 0.2) is 0 Å². The Morgan fingerprint density at radius 2 is 1.94 bits per heavy atom. The number of anilines is 2. The van der Waals surface area contributed by atoms with Gasteiger partial charge < -0.3 is 10.6 Å². The summed E-state index contributed by atoms with van der Waals surface area (Å²) in [4.78, 5) is 10.2. The minimum Gasteiger partial charge on any atom is -0.383 e. The molecule has 0 atom stereocenters. The Morgan fingerprint density at radius 3 is 2.65 bits per heavy atom. The monoisotopic (exact) mass is 292 g/mol. The predicted molar refractivity (Wildman–Crippen MR) is 72.7 cm³/mol. The fraction of sp³-hybridized carbons (Fsp3) is 0.167. The summed E-state index contributed by atoms with van der Waals surface area (Å²) >= 11 is 3.40. The minimum atomic E-state index is 0.454. The quantitative estimate of drug-likeness (QED) is 0.944. The lowest BCUT2D eigenvalue weighted by molar-refractivity contribution is 0.887. The van der Waals surface area contributed by atoms with E-state index in [0.29, 0.717) is 5.82 Å². The smallest absolute Gasteiger partial charge is 0.148 e. The van der Waals surface area contributed by atoms with Gasteiger partial charge in [-0.05, 0) is 21.5 Å². The average molecular weight is 293 g/mol. The Labute approximate surface area is 109 Å². The third-order valence-electron chi connectivity index (χ3n) is 2.42. The summed E-state index contributed by atoms with van der Waals surface area (Å²) in [6, 6.07) is 10.2. The highest BCUT2D eigenvalue weighted by Gasteiger charge is 2.10. The lowest BCUT2D eigenvalue weighted by Crippen LogP contribution is -2.18. The van der Waals surface area contributed by atoms with Gasteiger partial charge in [0.2, 0.25) is 0 Å². The Balaban J connectivity index is 2.20. The van der Waals surface area contributed by atoms with E-state index in [0.717, 1.165) is 16.8 Å². The van der Waals surface area contributed by atoms with Gasteiger partial charge in [-0.1, -0.05) is 30.3 Å². The molecule has 0 aliphatic rings. The van der Waals surface area contributed by atoms with Crippen LogP contribution >= 0.6 is 15.9 Å². The second-order valence-electron chi connectivity index (χ2n) is 3.74. The summed E-state index contributed by atoms with van der Waals surface area (Å²) < 4.78 is 0.735. The van der Waals surface area contributed by atoms with Crippen molar-refractivity contribution in [3.63, 3.8) is 0 Å². The van der Waals surface area contributed by atoms with Crippen molar-refractivity contribution in [2.45, 2.75) is 6.54 Å². The SMILES string of the molecule is CN(Cc1ccccc1)c1ncnc(N)c1Br. The number of nitrogen functional groups attached to an aromatic ring is 1. The Kier molecular flexibility index (Phi) is 3.58. The number of nitrogens with zero attached hydrogens (tertiary/aromatic N) is 3. The number of halogens is 1. The zero-order chi connectivity index (χ0) is 12.3. The van der Waals surface area contributed by atoms with Crippen LogP contribution in [0.25, 0.3) is 0 Å². The zero-order valence-electron chi connectivity index (χ0n) is 9.47. The van der Waals surface area contributed by atoms with Gasteiger partial charge in [0.05, 0.1) is 0 Å². The summed E-state index contributed by atoms with van der Waals surface area (Å²) in [6.07, 6.45) is 1.47. The average Bonchev–Trinajstić information content (AvgIpc) is 2.34. The molecule has 0 saturated heterocycles. The molecule has 0 saturated carbocycles. The van der Waals surface area contributed by atoms with E-state index in [2.05, 4.69) is 38.0 Å². The molecule has 5 heteroatoms. The van der Waals surface area contributed by atoms with Crippen molar-refractivity contribution >= 4 is 27.6 Å². The number of aromatic nitrogens is 2. The second kappa shape index (κ2) is 5.14. The van der Waals surface area contributed by atoms with Crippen molar-refractivity contribution in [1.82, 2.24) is 9.97 Å². The number of rotatable bonds is 3. The van der Waals surface area contributed by atoms with Gasteiger partial charge in [-0.2, -0.15) is 0 Å². The van der Waals surface area contributed by atoms with Crippen LogP contribution in [0.2, 0.25) is 0 Å². The fourth-order valence-electron chi connectivity index (χ4n) is 1.57. The second-order valence-corrected chi connectivity index (χ2v) is 4.53. The van der Waals surface area contributed by atoms with Crippen LogP contribution in [0.1, 0.15) is 5.56 Å². The maximum Gasteiger partial charge on any atom is 0.148 e. The predicted octanol–water partition coefficient (Wildman–Crippen LogP) is 2.46. The van der Waals surface area contributed by atoms with Crippen molar-refractivity contribution in [2.75, 3.05) is 17.7 Å². The lowest BCUT2D eigenvalue weighted by Gasteiger charge is -2.19. The molecule has 88 valence electrons. The molecule has 0 unspecified atom stereocenters. The molecular weight excluding hydrogens is 280 g/mol. The number of benzene rings is 1. The Bertz CT molecular complexity index is 501. The van der Waals surface area contributed by atoms with Crippen molar-refractivity contribution < 1.29 is 0 Å². The third kappa shape index (κ3) is 2.74. The topological polar surface area (TPSA) is 55.0 Å². The van der Waals surface area contributed by atoms with Gasteiger partial charge in [0, 0.05) is 13.6 Å². The Hall–Kier alpha value is -1.62. The molecule has 0 radical (unpaired) electrons. The van der Waals surface area contributed by atoms with Gasteiger partial charge in [0.25, 0.3) is 0 Å². The van der Waals surface area contributed by atoms with Crippen LogP contribution in [-0.4, -0.2) is 17.0 Å². The van der Waals surface area contributed by atoms with Gasteiger partial charge in [0.1, 0.15) is 22.4 Å². The first-order valence-electron chi connectivity index (χ1n) is 5.19. The van der Waals surface area contributed by atoms with E-state index in [1.165, 1.54) is 11.9 Å². The molecule has 0 bridgehead atoms. The summed E-state index contributed by atoms with van der Waals surface area (Å²) in [6.45, 7) is 0.774. The van der Waals surface area contributed by atoms with Gasteiger partial charge in [-0.3, -0.25) is 0 Å². The maximum atomic E-state index is 5.73. The van der Waals surface area contributed by atoms with Crippen molar-refractivity contribution in [3.05, 3.63) is 46.7 Å². The normalized spacial score (nSPS) is 10.2. The van der Waals surface area contributed by atoms with Crippen molar-refractivity contribution in [2.24, 2.45) is 0 Å². The molecule has 1 aromatic carbocycles. The molecule has 0 aliphatic carbocycles. The van der Waals surface area contributed by atoms with Gasteiger partial charge in [-0.25, -0.2) is 9.97 Å². The van der Waals surface area contributed by atoms with Crippen LogP contribution in [-0.2, 0) is 6.54 Å². The highest BCUT2D eigenvalue weighted by atomic mass is 79.9. The van der Waals surface area contributed by atoms with E-state index in [4.69, 9.17) is 5.73 Å². The maximum absolute atomic E-state index is 5.73. The van der Waals surface area contributed by atoms with Crippen LogP contribution in [0, 0.1) is 0 Å². The highest BCUT2D eigenvalue weighted by Crippen LogP contribution is 2.27. The van der Waals surface area contributed by atoms with E-state index < -0.39 is 0 Å². The summed E-state index contributed by atoms with van der Waals surface area (Å²) in [5.41, 5.74) is 6.95. The van der Waals surface area contributed by atoms with Crippen molar-refractivity contribution in [1.29, 1.82) is 0 Å². The first-order chi connectivity index (χ1) is 8.18. The van der Waals surface area contributed by atoms with Crippen LogP contribution in [0.5, 0.6) is 0 Å². The van der Waals surface area contributed by atoms with E-state index >= 15 is 0 Å². The highest BCUT2D eigenvalue weighted by molar-refractivity contribution is 9.10. The molecule has 0 aliphatic heterocycles. The molecule has 2 aromatic rings. The molecule has 4 nitrogen and oxygen atoms in total. The summed E-state index contributed by atoms with van der Waals surface area (Å²) in [5.74, 6) is 1.25. The molecule has 0 amide bonds. The molecule has 2 rings (SSSR count).